The molecule has 1 aliphatic heterocycles. The molecule has 0 aromatic rings. The maximum absolute atomic E-state index is 13.0. The highest BCUT2D eigenvalue weighted by Gasteiger charge is 2.17. The average Bonchev–Trinajstić information content (AvgIpc) is 2.43. The van der Waals surface area contributed by atoms with E-state index in [9.17, 15) is 4.39 Å². The van der Waals surface area contributed by atoms with Crippen LogP contribution in [0.5, 0.6) is 0 Å². The minimum absolute atomic E-state index is 0.340. The number of hydrogen-bond acceptors (Lipinski definition) is 1. The van der Waals surface area contributed by atoms with Gasteiger partial charge in [-0.1, -0.05) is 39.0 Å². The second-order valence-electron chi connectivity index (χ2n) is 4.66. The zero-order valence-electron chi connectivity index (χ0n) is 10.0. The van der Waals surface area contributed by atoms with Gasteiger partial charge in [0.1, 0.15) is 6.17 Å². The Morgan fingerprint density at radius 3 is 2.67 bits per heavy atom. The molecule has 90 valence electrons. The van der Waals surface area contributed by atoms with Crippen LogP contribution in [0.4, 0.5) is 4.39 Å². The van der Waals surface area contributed by atoms with Crippen LogP contribution >= 0.6 is 0 Å². The van der Waals surface area contributed by atoms with Crippen LogP contribution in [0.2, 0.25) is 0 Å². The molecule has 0 aromatic heterocycles. The van der Waals surface area contributed by atoms with Crippen LogP contribution in [-0.2, 0) is 4.74 Å². The summed E-state index contributed by atoms with van der Waals surface area (Å²) in [4.78, 5) is 0. The number of hydrogen-bond donors (Lipinski definition) is 0. The van der Waals surface area contributed by atoms with E-state index in [2.05, 4.69) is 6.92 Å². The van der Waals surface area contributed by atoms with Crippen molar-refractivity contribution in [2.24, 2.45) is 0 Å². The van der Waals surface area contributed by atoms with E-state index in [0.29, 0.717) is 25.6 Å². The lowest BCUT2D eigenvalue weighted by Crippen LogP contribution is -2.11. The van der Waals surface area contributed by atoms with E-state index in [-0.39, 0.29) is 0 Å². The second kappa shape index (κ2) is 8.09. The van der Waals surface area contributed by atoms with Crippen molar-refractivity contribution < 1.29 is 9.13 Å². The highest BCUT2D eigenvalue weighted by Crippen LogP contribution is 2.20. The van der Waals surface area contributed by atoms with Gasteiger partial charge in [-0.15, -0.1) is 0 Å². The van der Waals surface area contributed by atoms with Crippen molar-refractivity contribution in [1.29, 1.82) is 0 Å². The molecule has 0 N–H and O–H groups in total. The van der Waals surface area contributed by atoms with Gasteiger partial charge >= 0.3 is 0 Å². The predicted octanol–water partition coefficient (Wildman–Crippen LogP) is 4.25. The number of rotatable bonds is 6. The van der Waals surface area contributed by atoms with Gasteiger partial charge in [0.25, 0.3) is 0 Å². The fourth-order valence-corrected chi connectivity index (χ4v) is 2.16. The first kappa shape index (κ1) is 13.0. The van der Waals surface area contributed by atoms with Crippen LogP contribution < -0.4 is 0 Å². The normalized spacial score (nSPS) is 27.6. The molecule has 2 heteroatoms. The van der Waals surface area contributed by atoms with Crippen molar-refractivity contribution in [3.63, 3.8) is 0 Å². The fraction of sp³-hybridized carbons (Fsp3) is 1.00. The number of ether oxygens (including phenoxy) is 1. The van der Waals surface area contributed by atoms with Gasteiger partial charge in [0.15, 0.2) is 0 Å². The van der Waals surface area contributed by atoms with Crippen molar-refractivity contribution in [2.45, 2.75) is 77.0 Å². The largest absolute Gasteiger partial charge is 0.378 e. The first-order valence-corrected chi connectivity index (χ1v) is 6.58. The molecule has 15 heavy (non-hydrogen) atoms. The zero-order chi connectivity index (χ0) is 10.9. The van der Waals surface area contributed by atoms with Gasteiger partial charge < -0.3 is 4.74 Å². The maximum atomic E-state index is 13.0. The summed E-state index contributed by atoms with van der Waals surface area (Å²) in [5.41, 5.74) is 0. The zero-order valence-corrected chi connectivity index (χ0v) is 10.0. The van der Waals surface area contributed by atoms with Gasteiger partial charge in [0.05, 0.1) is 6.10 Å². The van der Waals surface area contributed by atoms with Crippen molar-refractivity contribution in [1.82, 2.24) is 0 Å². The third-order valence-corrected chi connectivity index (χ3v) is 3.22. The summed E-state index contributed by atoms with van der Waals surface area (Å²) in [5, 5.41) is 0. The van der Waals surface area contributed by atoms with Crippen LogP contribution in [0.1, 0.15) is 64.7 Å². The number of alkyl halides is 1. The molecular weight excluding hydrogens is 191 g/mol. The van der Waals surface area contributed by atoms with Crippen molar-refractivity contribution in [2.75, 3.05) is 6.61 Å². The Labute approximate surface area is 93.4 Å². The quantitative estimate of drug-likeness (QED) is 0.603. The van der Waals surface area contributed by atoms with E-state index in [1.807, 2.05) is 0 Å². The molecular formula is C13H25FO. The lowest BCUT2D eigenvalue weighted by molar-refractivity contribution is 0.0498. The van der Waals surface area contributed by atoms with E-state index in [1.54, 1.807) is 0 Å². The van der Waals surface area contributed by atoms with E-state index in [4.69, 9.17) is 4.74 Å². The van der Waals surface area contributed by atoms with Crippen LogP contribution in [0, 0.1) is 0 Å². The molecule has 0 aliphatic carbocycles. The molecule has 1 saturated heterocycles. The Kier molecular flexibility index (Phi) is 6.99. The Bertz CT molecular complexity index is 149. The molecule has 0 saturated carbocycles. The molecule has 1 heterocycles. The SMILES string of the molecule is CCCCCCC[C@H]1CC[C@@H](F)CCO1. The van der Waals surface area contributed by atoms with Crippen molar-refractivity contribution in [3.8, 4) is 0 Å². The van der Waals surface area contributed by atoms with Gasteiger partial charge in [-0.2, -0.15) is 0 Å². The lowest BCUT2D eigenvalue weighted by atomic mass is 10.0. The molecule has 1 aliphatic rings. The Morgan fingerprint density at radius 2 is 1.87 bits per heavy atom. The highest BCUT2D eigenvalue weighted by molar-refractivity contribution is 4.68. The van der Waals surface area contributed by atoms with Crippen LogP contribution in [0.15, 0.2) is 0 Å². The fourth-order valence-electron chi connectivity index (χ4n) is 2.16. The lowest BCUT2D eigenvalue weighted by Gasteiger charge is -2.14. The molecule has 2 atom stereocenters. The third kappa shape index (κ3) is 6.14. The Morgan fingerprint density at radius 1 is 1.07 bits per heavy atom. The minimum atomic E-state index is -0.616. The molecule has 0 bridgehead atoms. The van der Waals surface area contributed by atoms with Gasteiger partial charge in [-0.25, -0.2) is 4.39 Å². The second-order valence-corrected chi connectivity index (χ2v) is 4.66. The summed E-state index contributed by atoms with van der Waals surface area (Å²) in [6.45, 7) is 2.86. The summed E-state index contributed by atoms with van der Waals surface area (Å²) in [7, 11) is 0. The molecule has 1 fully saturated rings. The highest BCUT2D eigenvalue weighted by atomic mass is 19.1. The van der Waals surface area contributed by atoms with Crippen LogP contribution in [-0.4, -0.2) is 18.9 Å². The summed E-state index contributed by atoms with van der Waals surface area (Å²) in [6, 6.07) is 0. The van der Waals surface area contributed by atoms with E-state index in [0.717, 1.165) is 12.8 Å². The van der Waals surface area contributed by atoms with Gasteiger partial charge in [0, 0.05) is 13.0 Å². The van der Waals surface area contributed by atoms with E-state index < -0.39 is 6.17 Å². The molecule has 1 rings (SSSR count). The van der Waals surface area contributed by atoms with E-state index in [1.165, 1.54) is 32.1 Å². The van der Waals surface area contributed by atoms with Crippen LogP contribution in [0.25, 0.3) is 0 Å². The predicted molar refractivity (Wildman–Crippen MR) is 61.9 cm³/mol. The topological polar surface area (TPSA) is 9.23 Å². The molecule has 0 aromatic carbocycles. The van der Waals surface area contributed by atoms with Crippen LogP contribution in [0.3, 0.4) is 0 Å². The third-order valence-electron chi connectivity index (χ3n) is 3.22. The molecule has 0 unspecified atom stereocenters. The summed E-state index contributed by atoms with van der Waals surface area (Å²) < 4.78 is 18.7. The first-order valence-electron chi connectivity index (χ1n) is 6.58. The smallest absolute Gasteiger partial charge is 0.102 e. The monoisotopic (exact) mass is 216 g/mol. The Hall–Kier alpha value is -0.110. The molecule has 0 spiro atoms. The van der Waals surface area contributed by atoms with Crippen molar-refractivity contribution >= 4 is 0 Å². The van der Waals surface area contributed by atoms with Gasteiger partial charge in [0.2, 0.25) is 0 Å². The number of halogens is 1. The van der Waals surface area contributed by atoms with Crippen molar-refractivity contribution in [3.05, 3.63) is 0 Å². The average molecular weight is 216 g/mol. The number of unbranched alkanes of at least 4 members (excludes halogenated alkanes) is 4. The first-order chi connectivity index (χ1) is 7.33. The summed E-state index contributed by atoms with van der Waals surface area (Å²) >= 11 is 0. The standard InChI is InChI=1S/C13H25FO/c1-2-3-4-5-6-7-13-9-8-12(14)10-11-15-13/h12-13H,2-11H2,1H3/t12-,13+/m1/s1. The Balaban J connectivity index is 2.00. The summed E-state index contributed by atoms with van der Waals surface area (Å²) in [6.07, 6.45) is 9.64. The summed E-state index contributed by atoms with van der Waals surface area (Å²) in [5.74, 6) is 0. The minimum Gasteiger partial charge on any atom is -0.378 e. The molecule has 1 nitrogen and oxygen atoms in total. The van der Waals surface area contributed by atoms with E-state index >= 15 is 0 Å². The van der Waals surface area contributed by atoms with Gasteiger partial charge in [-0.05, 0) is 19.3 Å². The maximum Gasteiger partial charge on any atom is 0.102 e. The molecule has 0 radical (unpaired) electrons. The van der Waals surface area contributed by atoms with Gasteiger partial charge in [-0.3, -0.25) is 0 Å². The molecule has 0 amide bonds.